The van der Waals surface area contributed by atoms with Crippen molar-refractivity contribution in [2.45, 2.75) is 10.8 Å². The molecule has 3 aromatic heterocycles. The number of nitrogens with one attached hydrogen (secondary N) is 1. The molecule has 174 valence electrons. The minimum absolute atomic E-state index is 0.0652. The Hall–Kier alpha value is -4.16. The average Bonchev–Trinajstić information content (AvgIpc) is 3.33. The molecule has 1 aromatic carbocycles. The lowest BCUT2D eigenvalue weighted by molar-refractivity contribution is 0.201. The van der Waals surface area contributed by atoms with Crippen LogP contribution in [0, 0.1) is 17.9 Å². The number of nitrogens with zero attached hydrogens (tertiary/aromatic N) is 5. The summed E-state index contributed by atoms with van der Waals surface area (Å²) in [6, 6.07) is 12.9. The Morgan fingerprint density at radius 3 is 2.66 bits per heavy atom. The first-order valence-corrected chi connectivity index (χ1v) is 12.2. The quantitative estimate of drug-likeness (QED) is 0.214. The number of aromatic nitrogens is 3. The highest BCUT2D eigenvalue weighted by Gasteiger charge is 2.21. The van der Waals surface area contributed by atoms with Gasteiger partial charge in [-0.15, -0.1) is 11.3 Å². The fourth-order valence-corrected chi connectivity index (χ4v) is 4.91. The molecule has 0 unspecified atom stereocenters. The molecule has 4 aromatic rings. The number of rotatable bonds is 9. The maximum absolute atomic E-state index is 9.98. The van der Waals surface area contributed by atoms with E-state index in [9.17, 15) is 5.26 Å². The molecule has 0 bridgehead atoms. The molecule has 0 aliphatic rings. The van der Waals surface area contributed by atoms with Gasteiger partial charge in [-0.2, -0.15) is 5.26 Å². The molecule has 4 N–H and O–H groups in total. The molecule has 9 nitrogen and oxygen atoms in total. The Balaban J connectivity index is 1.59. The first-order valence-electron chi connectivity index (χ1n) is 10.3. The number of hydrogen-bond acceptors (Lipinski definition) is 10. The monoisotopic (exact) mass is 501 g/mol. The van der Waals surface area contributed by atoms with E-state index in [4.69, 9.17) is 22.1 Å². The van der Waals surface area contributed by atoms with E-state index in [1.165, 1.54) is 23.1 Å². The molecule has 0 amide bonds. The van der Waals surface area contributed by atoms with Gasteiger partial charge in [0.2, 0.25) is 5.69 Å². The van der Waals surface area contributed by atoms with Gasteiger partial charge < -0.3 is 20.9 Å². The zero-order valence-corrected chi connectivity index (χ0v) is 19.9. The van der Waals surface area contributed by atoms with Gasteiger partial charge in [-0.1, -0.05) is 23.9 Å². The molecule has 0 spiro atoms. The van der Waals surface area contributed by atoms with Gasteiger partial charge in [0.25, 0.3) is 0 Å². The van der Waals surface area contributed by atoms with Crippen LogP contribution in [0.15, 0.2) is 59.2 Å². The molecule has 0 saturated heterocycles. The van der Waals surface area contributed by atoms with Gasteiger partial charge in [-0.3, -0.25) is 4.98 Å². The van der Waals surface area contributed by atoms with E-state index in [1.807, 2.05) is 17.5 Å². The van der Waals surface area contributed by atoms with Gasteiger partial charge in [0, 0.05) is 34.8 Å². The number of anilines is 3. The predicted molar refractivity (Wildman–Crippen MR) is 137 cm³/mol. The lowest BCUT2D eigenvalue weighted by atomic mass is 10.00. The van der Waals surface area contributed by atoms with Crippen LogP contribution in [0.2, 0.25) is 0 Å². The zero-order chi connectivity index (χ0) is 24.6. The van der Waals surface area contributed by atoms with Crippen LogP contribution in [0.1, 0.15) is 11.3 Å². The lowest BCUT2D eigenvalue weighted by Crippen LogP contribution is -2.02. The van der Waals surface area contributed by atoms with Crippen molar-refractivity contribution in [2.75, 3.05) is 24.3 Å². The highest BCUT2D eigenvalue weighted by Crippen LogP contribution is 2.42. The summed E-state index contributed by atoms with van der Waals surface area (Å²) in [4.78, 5) is 16.5. The Labute approximate surface area is 210 Å². The number of thioether (sulfide) groups is 1. The number of aliphatic hydroxyl groups is 1. The Morgan fingerprint density at radius 1 is 1.20 bits per heavy atom. The van der Waals surface area contributed by atoms with E-state index in [0.717, 1.165) is 16.5 Å². The maximum Gasteiger partial charge on any atom is 0.236 e. The Kier molecular flexibility index (Phi) is 7.75. The van der Waals surface area contributed by atoms with Gasteiger partial charge >= 0.3 is 0 Å². The van der Waals surface area contributed by atoms with Crippen molar-refractivity contribution in [2.24, 2.45) is 0 Å². The van der Waals surface area contributed by atoms with Crippen LogP contribution < -0.4 is 15.8 Å². The van der Waals surface area contributed by atoms with E-state index < -0.39 is 0 Å². The number of thiazole rings is 1. The van der Waals surface area contributed by atoms with Gasteiger partial charge in [0.1, 0.15) is 29.3 Å². The van der Waals surface area contributed by atoms with Gasteiger partial charge in [0.15, 0.2) is 5.13 Å². The number of nitriles is 1. The van der Waals surface area contributed by atoms with E-state index >= 15 is 0 Å². The van der Waals surface area contributed by atoms with Crippen molar-refractivity contribution in [3.63, 3.8) is 0 Å². The van der Waals surface area contributed by atoms with Crippen LogP contribution in [-0.4, -0.2) is 33.3 Å². The van der Waals surface area contributed by atoms with Crippen molar-refractivity contribution in [3.05, 3.63) is 76.8 Å². The van der Waals surface area contributed by atoms with E-state index in [-0.39, 0.29) is 30.3 Å². The summed E-state index contributed by atoms with van der Waals surface area (Å²) in [5.74, 6) is 1.11. The molecule has 3 heterocycles. The number of ether oxygens (including phenoxy) is 1. The van der Waals surface area contributed by atoms with Crippen molar-refractivity contribution in [1.82, 2.24) is 15.0 Å². The van der Waals surface area contributed by atoms with Crippen LogP contribution in [0.3, 0.4) is 0 Å². The third-order valence-corrected chi connectivity index (χ3v) is 6.55. The first kappa shape index (κ1) is 24.0. The molecule has 0 fully saturated rings. The molecule has 4 rings (SSSR count). The highest BCUT2D eigenvalue weighted by molar-refractivity contribution is 7.98. The van der Waals surface area contributed by atoms with Crippen LogP contribution in [0.4, 0.5) is 22.3 Å². The lowest BCUT2D eigenvalue weighted by Gasteiger charge is -2.13. The number of nitrogen functional groups attached to an aromatic ring is 1. The first-order chi connectivity index (χ1) is 17.1. The van der Waals surface area contributed by atoms with E-state index in [1.54, 1.807) is 36.7 Å². The third-order valence-electron chi connectivity index (χ3n) is 4.73. The second-order valence-electron chi connectivity index (χ2n) is 7.01. The number of nitrogens with two attached hydrogens (primary N) is 1. The molecular weight excluding hydrogens is 482 g/mol. The topological polar surface area (TPSA) is 134 Å². The predicted octanol–water partition coefficient (Wildman–Crippen LogP) is 5.01. The largest absolute Gasteiger partial charge is 0.491 e. The van der Waals surface area contributed by atoms with Crippen molar-refractivity contribution in [1.29, 1.82) is 5.26 Å². The number of benzene rings is 1. The van der Waals surface area contributed by atoms with Crippen LogP contribution in [0.5, 0.6) is 5.75 Å². The Morgan fingerprint density at radius 2 is 1.97 bits per heavy atom. The standard InChI is InChI=1S/C24H19N7O2S2/c1-27-21-20(15-2-4-18(5-3-15)33-11-10-32)19(12-25)23(31-22(21)26)34-13-17-14-35-24(30-17)29-16-6-8-28-9-7-16/h2-9,14,32H,10-11,13H2,(H2,26,31)(H,28,29,30). The van der Waals surface area contributed by atoms with Crippen LogP contribution in [-0.2, 0) is 5.75 Å². The fourth-order valence-electron chi connectivity index (χ4n) is 3.19. The van der Waals surface area contributed by atoms with Crippen molar-refractivity contribution >= 4 is 45.4 Å². The van der Waals surface area contributed by atoms with Crippen LogP contribution >= 0.6 is 23.1 Å². The number of pyridine rings is 2. The summed E-state index contributed by atoms with van der Waals surface area (Å²) in [6.07, 6.45) is 3.40. The summed E-state index contributed by atoms with van der Waals surface area (Å²) in [7, 11) is 0. The van der Waals surface area contributed by atoms with E-state index in [2.05, 4.69) is 31.2 Å². The molecule has 35 heavy (non-hydrogen) atoms. The minimum Gasteiger partial charge on any atom is -0.491 e. The SMILES string of the molecule is [C-]#[N+]c1c(N)nc(SCc2csc(Nc3ccncc3)n2)c(C#N)c1-c1ccc(OCCO)cc1. The molecule has 0 aliphatic heterocycles. The molecular formula is C24H19N7O2S2. The number of hydrogen-bond donors (Lipinski definition) is 3. The normalized spacial score (nSPS) is 10.4. The average molecular weight is 502 g/mol. The summed E-state index contributed by atoms with van der Waals surface area (Å²) < 4.78 is 5.40. The summed E-state index contributed by atoms with van der Waals surface area (Å²) >= 11 is 2.81. The fraction of sp³-hybridized carbons (Fsp3) is 0.125. The molecule has 0 aliphatic carbocycles. The number of aliphatic hydroxyl groups excluding tert-OH is 1. The van der Waals surface area contributed by atoms with Crippen molar-refractivity contribution in [3.8, 4) is 22.9 Å². The second kappa shape index (κ2) is 11.3. The molecule has 0 atom stereocenters. The van der Waals surface area contributed by atoms with E-state index in [0.29, 0.717) is 27.7 Å². The summed E-state index contributed by atoms with van der Waals surface area (Å²) in [5.41, 5.74) is 9.33. The second-order valence-corrected chi connectivity index (χ2v) is 8.84. The Bertz CT molecular complexity index is 1390. The van der Waals surface area contributed by atoms with Gasteiger partial charge in [-0.25, -0.2) is 14.8 Å². The summed E-state index contributed by atoms with van der Waals surface area (Å²) in [5, 5.41) is 25.3. The maximum atomic E-state index is 9.98. The van der Waals surface area contributed by atoms with Crippen LogP contribution in [0.25, 0.3) is 16.0 Å². The van der Waals surface area contributed by atoms with Crippen molar-refractivity contribution < 1.29 is 9.84 Å². The minimum atomic E-state index is -0.0933. The molecule has 11 heteroatoms. The third kappa shape index (κ3) is 5.67. The molecule has 0 radical (unpaired) electrons. The molecule has 0 saturated carbocycles. The zero-order valence-electron chi connectivity index (χ0n) is 18.3. The summed E-state index contributed by atoms with van der Waals surface area (Å²) in [6.45, 7) is 7.68. The van der Waals surface area contributed by atoms with Gasteiger partial charge in [0.05, 0.1) is 24.4 Å². The highest BCUT2D eigenvalue weighted by atomic mass is 32.2. The van der Waals surface area contributed by atoms with Gasteiger partial charge in [-0.05, 0) is 29.8 Å². The smallest absolute Gasteiger partial charge is 0.236 e.